The van der Waals surface area contributed by atoms with Crippen molar-refractivity contribution in [2.24, 2.45) is 0 Å². The van der Waals surface area contributed by atoms with Crippen LogP contribution in [-0.4, -0.2) is 36.5 Å². The third kappa shape index (κ3) is 3.68. The molecule has 0 radical (unpaired) electrons. The molecule has 2 nitrogen and oxygen atoms in total. The van der Waals surface area contributed by atoms with E-state index < -0.39 is 0 Å². The standard InChI is InChI=1S/C20H28N2/c1-3-21(2)15-19-13-17-9-5-6-10-18(17)14-20(19)16-22-11-7-4-8-12-22/h5-6,9-10,13-14H,3-4,7-8,11-12,15-16H2,1-2H3. The summed E-state index contributed by atoms with van der Waals surface area (Å²) >= 11 is 0. The van der Waals surface area contributed by atoms with Crippen molar-refractivity contribution in [3.63, 3.8) is 0 Å². The Kier molecular flexibility index (Phi) is 5.12. The quantitative estimate of drug-likeness (QED) is 0.812. The van der Waals surface area contributed by atoms with Gasteiger partial charge in [0.2, 0.25) is 0 Å². The Balaban J connectivity index is 1.91. The molecule has 0 saturated carbocycles. The number of rotatable bonds is 5. The van der Waals surface area contributed by atoms with E-state index >= 15 is 0 Å². The molecule has 3 rings (SSSR count). The van der Waals surface area contributed by atoms with E-state index in [1.165, 1.54) is 54.3 Å². The molecule has 1 fully saturated rings. The van der Waals surface area contributed by atoms with Crippen molar-refractivity contribution in [2.75, 3.05) is 26.7 Å². The average molecular weight is 296 g/mol. The van der Waals surface area contributed by atoms with E-state index in [1.54, 1.807) is 0 Å². The first kappa shape index (κ1) is 15.5. The second-order valence-corrected chi connectivity index (χ2v) is 6.64. The molecule has 1 saturated heterocycles. The van der Waals surface area contributed by atoms with E-state index in [-0.39, 0.29) is 0 Å². The van der Waals surface area contributed by atoms with Crippen LogP contribution in [0.2, 0.25) is 0 Å². The number of piperidine rings is 1. The highest BCUT2D eigenvalue weighted by molar-refractivity contribution is 5.84. The second kappa shape index (κ2) is 7.26. The summed E-state index contributed by atoms with van der Waals surface area (Å²) in [5.74, 6) is 0. The first-order chi connectivity index (χ1) is 10.8. The molecular weight excluding hydrogens is 268 g/mol. The van der Waals surface area contributed by atoms with Crippen LogP contribution in [0, 0.1) is 0 Å². The van der Waals surface area contributed by atoms with Crippen molar-refractivity contribution in [2.45, 2.75) is 39.3 Å². The van der Waals surface area contributed by atoms with Gasteiger partial charge < -0.3 is 4.90 Å². The minimum Gasteiger partial charge on any atom is -0.302 e. The van der Waals surface area contributed by atoms with Crippen LogP contribution >= 0.6 is 0 Å². The molecule has 2 aromatic rings. The number of hydrogen-bond acceptors (Lipinski definition) is 2. The van der Waals surface area contributed by atoms with Gasteiger partial charge in [-0.1, -0.05) is 37.6 Å². The summed E-state index contributed by atoms with van der Waals surface area (Å²) in [7, 11) is 2.21. The van der Waals surface area contributed by atoms with Crippen molar-refractivity contribution in [1.29, 1.82) is 0 Å². The monoisotopic (exact) mass is 296 g/mol. The van der Waals surface area contributed by atoms with E-state index in [2.05, 4.69) is 60.2 Å². The van der Waals surface area contributed by atoms with Crippen LogP contribution in [0.5, 0.6) is 0 Å². The number of hydrogen-bond donors (Lipinski definition) is 0. The molecule has 0 amide bonds. The molecule has 2 aromatic carbocycles. The third-order valence-corrected chi connectivity index (χ3v) is 4.89. The zero-order valence-electron chi connectivity index (χ0n) is 14.0. The summed E-state index contributed by atoms with van der Waals surface area (Å²) in [5.41, 5.74) is 3.01. The van der Waals surface area contributed by atoms with E-state index in [0.717, 1.165) is 19.6 Å². The highest BCUT2D eigenvalue weighted by atomic mass is 15.1. The van der Waals surface area contributed by atoms with Crippen LogP contribution in [0.25, 0.3) is 10.8 Å². The van der Waals surface area contributed by atoms with Crippen molar-refractivity contribution < 1.29 is 0 Å². The first-order valence-electron chi connectivity index (χ1n) is 8.67. The second-order valence-electron chi connectivity index (χ2n) is 6.64. The fraction of sp³-hybridized carbons (Fsp3) is 0.500. The molecule has 0 atom stereocenters. The molecule has 0 aliphatic carbocycles. The Morgan fingerprint density at radius 1 is 0.955 bits per heavy atom. The van der Waals surface area contributed by atoms with E-state index in [4.69, 9.17) is 0 Å². The van der Waals surface area contributed by atoms with Crippen LogP contribution in [0.4, 0.5) is 0 Å². The normalized spacial score (nSPS) is 16.5. The Morgan fingerprint density at radius 2 is 1.59 bits per heavy atom. The lowest BCUT2D eigenvalue weighted by atomic mass is 9.99. The number of likely N-dealkylation sites (tertiary alicyclic amines) is 1. The zero-order chi connectivity index (χ0) is 15.4. The molecule has 1 aliphatic rings. The van der Waals surface area contributed by atoms with Gasteiger partial charge in [0.25, 0.3) is 0 Å². The smallest absolute Gasteiger partial charge is 0.0237 e. The lowest BCUT2D eigenvalue weighted by Gasteiger charge is -2.28. The lowest BCUT2D eigenvalue weighted by molar-refractivity contribution is 0.219. The molecular formula is C20H28N2. The third-order valence-electron chi connectivity index (χ3n) is 4.89. The van der Waals surface area contributed by atoms with Crippen LogP contribution in [-0.2, 0) is 13.1 Å². The molecule has 22 heavy (non-hydrogen) atoms. The van der Waals surface area contributed by atoms with Crippen molar-refractivity contribution in [1.82, 2.24) is 9.80 Å². The fourth-order valence-corrected chi connectivity index (χ4v) is 3.39. The maximum Gasteiger partial charge on any atom is 0.0237 e. The number of benzene rings is 2. The first-order valence-corrected chi connectivity index (χ1v) is 8.67. The highest BCUT2D eigenvalue weighted by Gasteiger charge is 2.14. The van der Waals surface area contributed by atoms with E-state index in [0.29, 0.717) is 0 Å². The summed E-state index contributed by atoms with van der Waals surface area (Å²) in [4.78, 5) is 5.02. The van der Waals surface area contributed by atoms with E-state index in [9.17, 15) is 0 Å². The maximum atomic E-state index is 2.63. The van der Waals surface area contributed by atoms with Crippen LogP contribution in [0.3, 0.4) is 0 Å². The van der Waals surface area contributed by atoms with Gasteiger partial charge in [0, 0.05) is 13.1 Å². The van der Waals surface area contributed by atoms with Gasteiger partial charge in [0.1, 0.15) is 0 Å². The minimum atomic E-state index is 1.05. The zero-order valence-corrected chi connectivity index (χ0v) is 14.0. The van der Waals surface area contributed by atoms with Gasteiger partial charge in [0.15, 0.2) is 0 Å². The Bertz CT molecular complexity index is 614. The number of nitrogens with zero attached hydrogens (tertiary/aromatic N) is 2. The minimum absolute atomic E-state index is 1.05. The van der Waals surface area contributed by atoms with Gasteiger partial charge in [-0.05, 0) is 73.6 Å². The molecule has 2 heteroatoms. The summed E-state index contributed by atoms with van der Waals surface area (Å²) < 4.78 is 0. The average Bonchev–Trinajstić information content (AvgIpc) is 2.56. The van der Waals surface area contributed by atoms with Crippen LogP contribution < -0.4 is 0 Å². The van der Waals surface area contributed by atoms with Crippen LogP contribution in [0.1, 0.15) is 37.3 Å². The highest BCUT2D eigenvalue weighted by Crippen LogP contribution is 2.23. The van der Waals surface area contributed by atoms with Gasteiger partial charge in [-0.15, -0.1) is 0 Å². The summed E-state index contributed by atoms with van der Waals surface area (Å²) in [6.07, 6.45) is 4.12. The van der Waals surface area contributed by atoms with Crippen molar-refractivity contribution in [3.8, 4) is 0 Å². The van der Waals surface area contributed by atoms with Crippen LogP contribution in [0.15, 0.2) is 36.4 Å². The molecule has 0 N–H and O–H groups in total. The Labute approximate surface area is 134 Å². The van der Waals surface area contributed by atoms with Crippen molar-refractivity contribution >= 4 is 10.8 Å². The SMILES string of the molecule is CCN(C)Cc1cc2ccccc2cc1CN1CCCCC1. The Hall–Kier alpha value is -1.38. The van der Waals surface area contributed by atoms with Gasteiger partial charge in [-0.2, -0.15) is 0 Å². The molecule has 0 unspecified atom stereocenters. The molecule has 0 aromatic heterocycles. The summed E-state index contributed by atoms with van der Waals surface area (Å²) in [5, 5.41) is 2.74. The molecule has 118 valence electrons. The predicted octanol–water partition coefficient (Wildman–Crippen LogP) is 4.28. The van der Waals surface area contributed by atoms with Gasteiger partial charge >= 0.3 is 0 Å². The van der Waals surface area contributed by atoms with E-state index in [1.807, 2.05) is 0 Å². The van der Waals surface area contributed by atoms with Gasteiger partial charge in [-0.25, -0.2) is 0 Å². The number of fused-ring (bicyclic) bond motifs is 1. The maximum absolute atomic E-state index is 2.63. The summed E-state index contributed by atoms with van der Waals surface area (Å²) in [6, 6.07) is 13.6. The molecule has 0 spiro atoms. The molecule has 1 heterocycles. The Morgan fingerprint density at radius 3 is 2.23 bits per heavy atom. The molecule has 1 aliphatic heterocycles. The summed E-state index contributed by atoms with van der Waals surface area (Å²) in [6.45, 7) is 8.00. The largest absolute Gasteiger partial charge is 0.302 e. The fourth-order valence-electron chi connectivity index (χ4n) is 3.39. The predicted molar refractivity (Wildman–Crippen MR) is 95.1 cm³/mol. The molecule has 0 bridgehead atoms. The van der Waals surface area contributed by atoms with Gasteiger partial charge in [0.05, 0.1) is 0 Å². The lowest BCUT2D eigenvalue weighted by Crippen LogP contribution is -2.30. The van der Waals surface area contributed by atoms with Crippen molar-refractivity contribution in [3.05, 3.63) is 47.5 Å². The topological polar surface area (TPSA) is 6.48 Å². The van der Waals surface area contributed by atoms with Gasteiger partial charge in [-0.3, -0.25) is 4.90 Å².